The molecule has 0 radical (unpaired) electrons. The minimum absolute atomic E-state index is 0.0766. The molecule has 2 aromatic rings. The van der Waals surface area contributed by atoms with Crippen molar-refractivity contribution in [1.29, 1.82) is 0 Å². The summed E-state index contributed by atoms with van der Waals surface area (Å²) in [5, 5.41) is 19.8. The predicted molar refractivity (Wildman–Crippen MR) is 70.2 cm³/mol. The van der Waals surface area contributed by atoms with E-state index in [0.717, 1.165) is 11.1 Å². The average molecular weight is 260 g/mol. The van der Waals surface area contributed by atoms with E-state index in [-0.39, 0.29) is 19.1 Å². The second-order valence-electron chi connectivity index (χ2n) is 4.19. The van der Waals surface area contributed by atoms with Gasteiger partial charge in [0.05, 0.1) is 12.3 Å². The van der Waals surface area contributed by atoms with Crippen LogP contribution in [0.25, 0.3) is 11.3 Å². The van der Waals surface area contributed by atoms with Crippen LogP contribution in [0.4, 0.5) is 0 Å². The molecular formula is C13H16N4O2. The first-order valence-electron chi connectivity index (χ1n) is 5.97. The second-order valence-corrected chi connectivity index (χ2v) is 4.19. The third-order valence-corrected chi connectivity index (χ3v) is 2.93. The van der Waals surface area contributed by atoms with E-state index in [1.54, 1.807) is 7.05 Å². The quantitative estimate of drug-likeness (QED) is 0.838. The lowest BCUT2D eigenvalue weighted by Gasteiger charge is -2.09. The molecule has 1 amide bonds. The highest BCUT2D eigenvalue weighted by molar-refractivity contribution is 5.76. The Morgan fingerprint density at radius 3 is 2.79 bits per heavy atom. The zero-order valence-corrected chi connectivity index (χ0v) is 10.9. The molecule has 2 N–H and O–H groups in total. The maximum absolute atomic E-state index is 11.5. The van der Waals surface area contributed by atoms with E-state index in [1.165, 1.54) is 4.68 Å². The van der Waals surface area contributed by atoms with Crippen molar-refractivity contribution < 1.29 is 9.90 Å². The summed E-state index contributed by atoms with van der Waals surface area (Å²) in [5.41, 5.74) is 3.11. The van der Waals surface area contributed by atoms with Gasteiger partial charge in [-0.1, -0.05) is 29.5 Å². The Morgan fingerprint density at radius 2 is 2.16 bits per heavy atom. The molecule has 6 heteroatoms. The highest BCUT2D eigenvalue weighted by atomic mass is 16.3. The number of hydrogen-bond donors (Lipinski definition) is 2. The molecule has 19 heavy (non-hydrogen) atoms. The Kier molecular flexibility index (Phi) is 3.91. The van der Waals surface area contributed by atoms with E-state index in [9.17, 15) is 9.90 Å². The first-order chi connectivity index (χ1) is 9.17. The molecule has 6 nitrogen and oxygen atoms in total. The second kappa shape index (κ2) is 5.62. The summed E-state index contributed by atoms with van der Waals surface area (Å²) in [6, 6.07) is 7.73. The average Bonchev–Trinajstić information content (AvgIpc) is 2.82. The van der Waals surface area contributed by atoms with Gasteiger partial charge in [-0.25, -0.2) is 4.68 Å². The van der Waals surface area contributed by atoms with Gasteiger partial charge in [-0.2, -0.15) is 0 Å². The summed E-state index contributed by atoms with van der Waals surface area (Å²) in [7, 11) is 1.57. The van der Waals surface area contributed by atoms with E-state index in [2.05, 4.69) is 15.6 Å². The minimum Gasteiger partial charge on any atom is -0.390 e. The molecule has 0 aliphatic rings. The highest BCUT2D eigenvalue weighted by Crippen LogP contribution is 2.25. The van der Waals surface area contributed by atoms with Crippen LogP contribution in [0.15, 0.2) is 24.3 Å². The number of aliphatic hydroxyl groups excluding tert-OH is 1. The van der Waals surface area contributed by atoms with Crippen molar-refractivity contribution in [2.45, 2.75) is 20.1 Å². The van der Waals surface area contributed by atoms with Crippen LogP contribution in [0.2, 0.25) is 0 Å². The fourth-order valence-electron chi connectivity index (χ4n) is 1.91. The zero-order valence-electron chi connectivity index (χ0n) is 10.9. The number of likely N-dealkylation sites (N-methyl/N-ethyl adjacent to an activating group) is 1. The minimum atomic E-state index is -0.211. The third kappa shape index (κ3) is 2.63. The van der Waals surface area contributed by atoms with Gasteiger partial charge in [-0.15, -0.1) is 5.10 Å². The molecule has 0 aliphatic carbocycles. The largest absolute Gasteiger partial charge is 0.390 e. The molecule has 100 valence electrons. The summed E-state index contributed by atoms with van der Waals surface area (Å²) in [6.07, 6.45) is 0. The molecule has 1 heterocycles. The number of nitrogens with one attached hydrogen (secondary N) is 1. The Morgan fingerprint density at radius 1 is 1.42 bits per heavy atom. The van der Waals surface area contributed by atoms with Gasteiger partial charge in [0.2, 0.25) is 5.91 Å². The molecule has 0 unspecified atom stereocenters. The Balaban J connectivity index is 2.51. The number of nitrogens with zero attached hydrogens (tertiary/aromatic N) is 3. The van der Waals surface area contributed by atoms with Gasteiger partial charge >= 0.3 is 0 Å². The molecule has 0 fully saturated rings. The SMILES string of the molecule is CNC(=O)Cn1nnc(CO)c1-c1ccccc1C. The van der Waals surface area contributed by atoms with Crippen molar-refractivity contribution in [1.82, 2.24) is 20.3 Å². The molecule has 0 aliphatic heterocycles. The lowest BCUT2D eigenvalue weighted by Crippen LogP contribution is -2.24. The molecule has 2 rings (SSSR count). The summed E-state index contributed by atoms with van der Waals surface area (Å²) >= 11 is 0. The van der Waals surface area contributed by atoms with Crippen LogP contribution in [0.1, 0.15) is 11.3 Å². The van der Waals surface area contributed by atoms with Gasteiger partial charge in [0.25, 0.3) is 0 Å². The molecule has 0 atom stereocenters. The number of carbonyl (C=O) groups excluding carboxylic acids is 1. The van der Waals surface area contributed by atoms with Crippen molar-refractivity contribution in [3.8, 4) is 11.3 Å². The zero-order chi connectivity index (χ0) is 13.8. The molecule has 0 bridgehead atoms. The summed E-state index contributed by atoms with van der Waals surface area (Å²) < 4.78 is 1.51. The van der Waals surface area contributed by atoms with Crippen LogP contribution >= 0.6 is 0 Å². The molecule has 0 spiro atoms. The number of aromatic nitrogens is 3. The number of amides is 1. The van der Waals surface area contributed by atoms with Crippen molar-refractivity contribution in [2.75, 3.05) is 7.05 Å². The summed E-state index contributed by atoms with van der Waals surface area (Å²) in [5.74, 6) is -0.163. The first-order valence-corrected chi connectivity index (χ1v) is 5.97. The van der Waals surface area contributed by atoms with Gasteiger partial charge in [0.15, 0.2) is 0 Å². The third-order valence-electron chi connectivity index (χ3n) is 2.93. The number of aliphatic hydroxyl groups is 1. The van der Waals surface area contributed by atoms with Crippen molar-refractivity contribution in [3.05, 3.63) is 35.5 Å². The number of rotatable bonds is 4. The van der Waals surface area contributed by atoms with Gasteiger partial charge in [0, 0.05) is 12.6 Å². The van der Waals surface area contributed by atoms with E-state index >= 15 is 0 Å². The lowest BCUT2D eigenvalue weighted by molar-refractivity contribution is -0.121. The Labute approximate surface area is 111 Å². The topological polar surface area (TPSA) is 80.0 Å². The van der Waals surface area contributed by atoms with Crippen LogP contribution in [0, 0.1) is 6.92 Å². The van der Waals surface area contributed by atoms with Crippen LogP contribution in [-0.2, 0) is 17.9 Å². The number of hydrogen-bond acceptors (Lipinski definition) is 4. The van der Waals surface area contributed by atoms with Crippen molar-refractivity contribution in [3.63, 3.8) is 0 Å². The number of carbonyl (C=O) groups is 1. The summed E-state index contributed by atoms with van der Waals surface area (Å²) in [4.78, 5) is 11.5. The van der Waals surface area contributed by atoms with Gasteiger partial charge in [-0.05, 0) is 12.5 Å². The van der Waals surface area contributed by atoms with Crippen LogP contribution < -0.4 is 5.32 Å². The monoisotopic (exact) mass is 260 g/mol. The van der Waals surface area contributed by atoms with Crippen LogP contribution in [0.3, 0.4) is 0 Å². The molecular weight excluding hydrogens is 244 g/mol. The molecule has 0 saturated heterocycles. The normalized spacial score (nSPS) is 10.5. The predicted octanol–water partition coefficient (Wildman–Crippen LogP) is 0.492. The molecule has 1 aromatic heterocycles. The van der Waals surface area contributed by atoms with Gasteiger partial charge < -0.3 is 10.4 Å². The smallest absolute Gasteiger partial charge is 0.241 e. The Hall–Kier alpha value is -2.21. The fraction of sp³-hybridized carbons (Fsp3) is 0.308. The van der Waals surface area contributed by atoms with E-state index in [0.29, 0.717) is 11.4 Å². The van der Waals surface area contributed by atoms with E-state index in [1.807, 2.05) is 31.2 Å². The van der Waals surface area contributed by atoms with E-state index < -0.39 is 0 Å². The number of benzene rings is 1. The number of aryl methyl sites for hydroxylation is 1. The standard InChI is InChI=1S/C13H16N4O2/c1-9-5-3-4-6-10(9)13-11(8-18)15-16-17(13)7-12(19)14-2/h3-6,18H,7-8H2,1-2H3,(H,14,19). The lowest BCUT2D eigenvalue weighted by atomic mass is 10.0. The molecule has 0 saturated carbocycles. The Bertz CT molecular complexity index is 592. The van der Waals surface area contributed by atoms with Gasteiger partial charge in [0.1, 0.15) is 12.2 Å². The van der Waals surface area contributed by atoms with E-state index in [4.69, 9.17) is 0 Å². The molecule has 1 aromatic carbocycles. The van der Waals surface area contributed by atoms with Crippen LogP contribution in [-0.4, -0.2) is 33.1 Å². The van der Waals surface area contributed by atoms with Crippen molar-refractivity contribution in [2.24, 2.45) is 0 Å². The first kappa shape index (κ1) is 13.2. The van der Waals surface area contributed by atoms with Crippen molar-refractivity contribution >= 4 is 5.91 Å². The summed E-state index contributed by atoms with van der Waals surface area (Å²) in [6.45, 7) is 1.83. The highest BCUT2D eigenvalue weighted by Gasteiger charge is 2.17. The van der Waals surface area contributed by atoms with Gasteiger partial charge in [-0.3, -0.25) is 4.79 Å². The fourth-order valence-corrected chi connectivity index (χ4v) is 1.91. The maximum atomic E-state index is 11.5. The maximum Gasteiger partial charge on any atom is 0.241 e. The van der Waals surface area contributed by atoms with Crippen LogP contribution in [0.5, 0.6) is 0 Å².